The molecule has 0 bridgehead atoms. The van der Waals surface area contributed by atoms with Crippen LogP contribution in [0.1, 0.15) is 31.7 Å². The highest BCUT2D eigenvalue weighted by molar-refractivity contribution is 5.93. The molecule has 1 amide bonds. The molecule has 1 aliphatic rings. The third-order valence-electron chi connectivity index (χ3n) is 4.09. The average molecular weight is 326 g/mol. The summed E-state index contributed by atoms with van der Waals surface area (Å²) in [5, 5.41) is 6.29. The first kappa shape index (κ1) is 18.9. The van der Waals surface area contributed by atoms with Gasteiger partial charge in [-0.2, -0.15) is 0 Å². The van der Waals surface area contributed by atoms with E-state index in [4.69, 9.17) is 0 Å². The molecule has 5 heteroatoms. The van der Waals surface area contributed by atoms with E-state index in [2.05, 4.69) is 35.4 Å². The highest BCUT2D eigenvalue weighted by Crippen LogP contribution is 2.23. The topological polar surface area (TPSA) is 44.4 Å². The second kappa shape index (κ2) is 9.13. The zero-order valence-electron chi connectivity index (χ0n) is 13.8. The molecule has 1 fully saturated rings. The van der Waals surface area contributed by atoms with Crippen molar-refractivity contribution in [1.29, 1.82) is 0 Å². The lowest BCUT2D eigenvalue weighted by Gasteiger charge is -2.17. The Hall–Kier alpha value is -1.10. The molecule has 124 valence electrons. The van der Waals surface area contributed by atoms with Crippen molar-refractivity contribution in [3.63, 3.8) is 0 Å². The van der Waals surface area contributed by atoms with E-state index in [0.29, 0.717) is 18.4 Å². The molecule has 1 aromatic carbocycles. The Morgan fingerprint density at radius 1 is 1.36 bits per heavy atom. The van der Waals surface area contributed by atoms with Gasteiger partial charge in [0.05, 0.1) is 6.54 Å². The zero-order valence-corrected chi connectivity index (χ0v) is 14.6. The van der Waals surface area contributed by atoms with Crippen LogP contribution in [0.5, 0.6) is 0 Å². The van der Waals surface area contributed by atoms with Crippen molar-refractivity contribution in [2.75, 3.05) is 38.5 Å². The summed E-state index contributed by atoms with van der Waals surface area (Å²) in [4.78, 5) is 14.5. The Labute approximate surface area is 140 Å². The van der Waals surface area contributed by atoms with Gasteiger partial charge in [0.2, 0.25) is 5.91 Å². The fourth-order valence-electron chi connectivity index (χ4n) is 3.02. The maximum atomic E-state index is 12.2. The number of carbonyl (C=O) groups excluding carboxylic acids is 1. The van der Waals surface area contributed by atoms with Gasteiger partial charge in [-0.25, -0.2) is 0 Å². The largest absolute Gasteiger partial charge is 0.325 e. The molecule has 1 unspecified atom stereocenters. The molecule has 0 aromatic heterocycles. The monoisotopic (exact) mass is 325 g/mol. The number of hydrogen-bond donors (Lipinski definition) is 2. The number of nitrogens with one attached hydrogen (secondary N) is 2. The molecule has 1 aliphatic heterocycles. The van der Waals surface area contributed by atoms with Crippen molar-refractivity contribution in [2.45, 2.75) is 26.2 Å². The van der Waals surface area contributed by atoms with Gasteiger partial charge in [-0.1, -0.05) is 32.0 Å². The number of rotatable bonds is 6. The smallest absolute Gasteiger partial charge is 0.238 e. The van der Waals surface area contributed by atoms with Crippen molar-refractivity contribution in [3.8, 4) is 0 Å². The zero-order chi connectivity index (χ0) is 15.2. The molecule has 2 N–H and O–H groups in total. The van der Waals surface area contributed by atoms with Crippen molar-refractivity contribution in [1.82, 2.24) is 10.2 Å². The Balaban J connectivity index is 0.00000242. The number of nitrogens with zero attached hydrogens (tertiary/aromatic N) is 1. The van der Waals surface area contributed by atoms with Gasteiger partial charge >= 0.3 is 0 Å². The number of halogens is 1. The number of anilines is 1. The van der Waals surface area contributed by atoms with Gasteiger partial charge in [0, 0.05) is 12.2 Å². The molecule has 0 aliphatic carbocycles. The molecular formula is C17H28ClN3O. The van der Waals surface area contributed by atoms with Crippen LogP contribution in [0.25, 0.3) is 0 Å². The standard InChI is InChI=1S/C17H27N3O.ClH/c1-13(2)15-6-4-5-7-16(15)19-17(21)12-20-9-8-14(11-20)10-18-3;/h4-7,13-14,18H,8-12H2,1-3H3,(H,19,21);1H. The van der Waals surface area contributed by atoms with Crippen LogP contribution < -0.4 is 10.6 Å². The number of carbonyl (C=O) groups is 1. The third-order valence-corrected chi connectivity index (χ3v) is 4.09. The SMILES string of the molecule is CNCC1CCN(CC(=O)Nc2ccccc2C(C)C)C1.Cl. The minimum Gasteiger partial charge on any atom is -0.325 e. The molecule has 0 saturated carbocycles. The lowest BCUT2D eigenvalue weighted by Crippen LogP contribution is -2.32. The molecular weight excluding hydrogens is 298 g/mol. The highest BCUT2D eigenvalue weighted by atomic mass is 35.5. The number of para-hydroxylation sites is 1. The first-order valence-corrected chi connectivity index (χ1v) is 7.86. The summed E-state index contributed by atoms with van der Waals surface area (Å²) < 4.78 is 0. The van der Waals surface area contributed by atoms with E-state index in [0.717, 1.165) is 25.3 Å². The molecule has 1 heterocycles. The van der Waals surface area contributed by atoms with Crippen LogP contribution in [0.15, 0.2) is 24.3 Å². The fraction of sp³-hybridized carbons (Fsp3) is 0.588. The summed E-state index contributed by atoms with van der Waals surface area (Å²) in [6, 6.07) is 8.06. The van der Waals surface area contributed by atoms with Crippen LogP contribution in [-0.2, 0) is 4.79 Å². The van der Waals surface area contributed by atoms with Crippen molar-refractivity contribution < 1.29 is 4.79 Å². The Bertz CT molecular complexity index is 479. The van der Waals surface area contributed by atoms with E-state index in [-0.39, 0.29) is 18.3 Å². The van der Waals surface area contributed by atoms with Gasteiger partial charge in [-0.05, 0) is 50.0 Å². The van der Waals surface area contributed by atoms with Gasteiger partial charge < -0.3 is 10.6 Å². The summed E-state index contributed by atoms with van der Waals surface area (Å²) in [6.07, 6.45) is 1.18. The maximum absolute atomic E-state index is 12.2. The van der Waals surface area contributed by atoms with Crippen LogP contribution in [0.3, 0.4) is 0 Å². The minimum absolute atomic E-state index is 0. The van der Waals surface area contributed by atoms with Crippen LogP contribution in [0.4, 0.5) is 5.69 Å². The highest BCUT2D eigenvalue weighted by Gasteiger charge is 2.23. The van der Waals surface area contributed by atoms with Crippen molar-refractivity contribution in [2.24, 2.45) is 5.92 Å². The molecule has 1 atom stereocenters. The van der Waals surface area contributed by atoms with E-state index in [1.54, 1.807) is 0 Å². The number of hydrogen-bond acceptors (Lipinski definition) is 3. The van der Waals surface area contributed by atoms with Gasteiger partial charge in [-0.15, -0.1) is 12.4 Å². The number of benzene rings is 1. The molecule has 4 nitrogen and oxygen atoms in total. The second-order valence-electron chi connectivity index (χ2n) is 6.24. The molecule has 2 rings (SSSR count). The molecule has 0 radical (unpaired) electrons. The molecule has 1 aromatic rings. The fourth-order valence-corrected chi connectivity index (χ4v) is 3.02. The van der Waals surface area contributed by atoms with E-state index in [1.165, 1.54) is 12.0 Å². The van der Waals surface area contributed by atoms with Crippen LogP contribution in [0.2, 0.25) is 0 Å². The van der Waals surface area contributed by atoms with Gasteiger partial charge in [0.25, 0.3) is 0 Å². The van der Waals surface area contributed by atoms with E-state index in [1.807, 2.05) is 25.2 Å². The maximum Gasteiger partial charge on any atom is 0.238 e. The summed E-state index contributed by atoms with van der Waals surface area (Å²) in [5.41, 5.74) is 2.14. The van der Waals surface area contributed by atoms with Crippen molar-refractivity contribution in [3.05, 3.63) is 29.8 Å². The average Bonchev–Trinajstić information content (AvgIpc) is 2.86. The third kappa shape index (κ3) is 5.27. The van der Waals surface area contributed by atoms with Gasteiger partial charge in [0.15, 0.2) is 0 Å². The summed E-state index contributed by atoms with van der Waals surface area (Å²) in [5.74, 6) is 1.17. The summed E-state index contributed by atoms with van der Waals surface area (Å²) >= 11 is 0. The Morgan fingerprint density at radius 2 is 2.09 bits per heavy atom. The summed E-state index contributed by atoms with van der Waals surface area (Å²) in [6.45, 7) is 7.86. The number of likely N-dealkylation sites (tertiary alicyclic amines) is 1. The predicted molar refractivity (Wildman–Crippen MR) is 94.9 cm³/mol. The Morgan fingerprint density at radius 3 is 2.77 bits per heavy atom. The van der Waals surface area contributed by atoms with Gasteiger partial charge in [0.1, 0.15) is 0 Å². The van der Waals surface area contributed by atoms with E-state index >= 15 is 0 Å². The van der Waals surface area contributed by atoms with E-state index < -0.39 is 0 Å². The molecule has 1 saturated heterocycles. The minimum atomic E-state index is 0. The lowest BCUT2D eigenvalue weighted by atomic mass is 10.0. The van der Waals surface area contributed by atoms with Crippen LogP contribution in [0, 0.1) is 5.92 Å². The lowest BCUT2D eigenvalue weighted by molar-refractivity contribution is -0.117. The quantitative estimate of drug-likeness (QED) is 0.845. The van der Waals surface area contributed by atoms with Crippen LogP contribution in [-0.4, -0.2) is 44.0 Å². The van der Waals surface area contributed by atoms with Gasteiger partial charge in [-0.3, -0.25) is 9.69 Å². The summed E-state index contributed by atoms with van der Waals surface area (Å²) in [7, 11) is 1.98. The molecule has 22 heavy (non-hydrogen) atoms. The first-order valence-electron chi connectivity index (χ1n) is 7.86. The van der Waals surface area contributed by atoms with Crippen LogP contribution >= 0.6 is 12.4 Å². The van der Waals surface area contributed by atoms with Crippen molar-refractivity contribution >= 4 is 24.0 Å². The predicted octanol–water partition coefficient (Wildman–Crippen LogP) is 2.71. The molecule has 0 spiro atoms. The normalized spacial score (nSPS) is 18.3. The second-order valence-corrected chi connectivity index (χ2v) is 6.24. The Kier molecular flexibility index (Phi) is 7.87. The number of amides is 1. The van der Waals surface area contributed by atoms with E-state index in [9.17, 15) is 4.79 Å². The first-order chi connectivity index (χ1) is 10.1.